The summed E-state index contributed by atoms with van der Waals surface area (Å²) in [6.45, 7) is 0. The van der Waals surface area contributed by atoms with Crippen molar-refractivity contribution in [1.82, 2.24) is 30.0 Å². The van der Waals surface area contributed by atoms with Gasteiger partial charge in [0.1, 0.15) is 10.7 Å². The zero-order valence-corrected chi connectivity index (χ0v) is 16.2. The topological polar surface area (TPSA) is 75.0 Å². The van der Waals surface area contributed by atoms with Crippen molar-refractivity contribution in [3.05, 3.63) is 60.7 Å². The van der Waals surface area contributed by atoms with Crippen molar-refractivity contribution in [3.8, 4) is 33.3 Å². The van der Waals surface area contributed by atoms with E-state index < -0.39 is 0 Å². The first-order valence-corrected chi connectivity index (χ1v) is 9.62. The summed E-state index contributed by atoms with van der Waals surface area (Å²) in [6.07, 6.45) is 0. The SMILES string of the molecule is CN(C)c1ccc(-c2nn3c(-c4cc(-c5ccccc5)n[nH]4)nnc3s2)cc1. The molecule has 1 N–H and O–H groups in total. The zero-order valence-electron chi connectivity index (χ0n) is 15.4. The predicted molar refractivity (Wildman–Crippen MR) is 111 cm³/mol. The molecule has 0 spiro atoms. The van der Waals surface area contributed by atoms with E-state index in [9.17, 15) is 0 Å². The van der Waals surface area contributed by atoms with Gasteiger partial charge in [-0.1, -0.05) is 41.7 Å². The minimum absolute atomic E-state index is 0.650. The summed E-state index contributed by atoms with van der Waals surface area (Å²) in [5.41, 5.74) is 4.90. The highest BCUT2D eigenvalue weighted by Crippen LogP contribution is 2.29. The Bertz CT molecular complexity index is 1230. The van der Waals surface area contributed by atoms with Gasteiger partial charge in [-0.25, -0.2) is 0 Å². The van der Waals surface area contributed by atoms with E-state index in [1.165, 1.54) is 11.3 Å². The molecule has 28 heavy (non-hydrogen) atoms. The number of benzene rings is 2. The van der Waals surface area contributed by atoms with E-state index >= 15 is 0 Å². The Morgan fingerprint density at radius 3 is 2.46 bits per heavy atom. The number of anilines is 1. The molecule has 3 aromatic heterocycles. The van der Waals surface area contributed by atoms with Crippen LogP contribution in [0.3, 0.4) is 0 Å². The van der Waals surface area contributed by atoms with Crippen molar-refractivity contribution in [2.75, 3.05) is 19.0 Å². The summed E-state index contributed by atoms with van der Waals surface area (Å²) in [7, 11) is 4.05. The molecule has 0 aliphatic heterocycles. The van der Waals surface area contributed by atoms with Gasteiger partial charge in [-0.15, -0.1) is 10.2 Å². The maximum atomic E-state index is 4.72. The Morgan fingerprint density at radius 2 is 1.71 bits per heavy atom. The van der Waals surface area contributed by atoms with Crippen molar-refractivity contribution in [1.29, 1.82) is 0 Å². The first-order valence-electron chi connectivity index (χ1n) is 8.80. The largest absolute Gasteiger partial charge is 0.378 e. The minimum atomic E-state index is 0.650. The quantitative estimate of drug-likeness (QED) is 0.505. The molecule has 0 radical (unpaired) electrons. The molecule has 8 heteroatoms. The van der Waals surface area contributed by atoms with Crippen molar-refractivity contribution < 1.29 is 0 Å². The molecule has 0 aliphatic rings. The van der Waals surface area contributed by atoms with E-state index in [0.717, 1.165) is 38.2 Å². The Kier molecular flexibility index (Phi) is 3.91. The monoisotopic (exact) mass is 387 g/mol. The van der Waals surface area contributed by atoms with Gasteiger partial charge in [0.05, 0.1) is 5.69 Å². The fraction of sp³-hybridized carbons (Fsp3) is 0.100. The lowest BCUT2D eigenvalue weighted by molar-refractivity contribution is 0.954. The third kappa shape index (κ3) is 2.84. The molecule has 0 bridgehead atoms. The molecule has 0 saturated heterocycles. The predicted octanol–water partition coefficient (Wildman–Crippen LogP) is 3.98. The van der Waals surface area contributed by atoms with Crippen molar-refractivity contribution in [2.24, 2.45) is 0 Å². The molecule has 3 heterocycles. The lowest BCUT2D eigenvalue weighted by atomic mass is 10.1. The van der Waals surface area contributed by atoms with Crippen LogP contribution in [0.2, 0.25) is 0 Å². The second-order valence-corrected chi connectivity index (χ2v) is 7.56. The number of hydrogen-bond acceptors (Lipinski definition) is 6. The van der Waals surface area contributed by atoms with Crippen molar-refractivity contribution >= 4 is 22.0 Å². The third-order valence-corrected chi connectivity index (χ3v) is 5.46. The molecule has 0 atom stereocenters. The van der Waals surface area contributed by atoms with Gasteiger partial charge in [0.15, 0.2) is 0 Å². The van der Waals surface area contributed by atoms with Gasteiger partial charge >= 0.3 is 0 Å². The summed E-state index contributed by atoms with van der Waals surface area (Å²) < 4.78 is 1.77. The molecule has 0 saturated carbocycles. The zero-order chi connectivity index (χ0) is 19.1. The van der Waals surface area contributed by atoms with Gasteiger partial charge in [-0.2, -0.15) is 14.7 Å². The molecule has 0 amide bonds. The van der Waals surface area contributed by atoms with E-state index in [-0.39, 0.29) is 0 Å². The van der Waals surface area contributed by atoms with E-state index in [4.69, 9.17) is 5.10 Å². The van der Waals surface area contributed by atoms with Crippen LogP contribution >= 0.6 is 11.3 Å². The maximum Gasteiger partial charge on any atom is 0.235 e. The van der Waals surface area contributed by atoms with Gasteiger partial charge in [-0.05, 0) is 30.3 Å². The number of aromatic amines is 1. The van der Waals surface area contributed by atoms with Crippen LogP contribution in [-0.2, 0) is 0 Å². The van der Waals surface area contributed by atoms with Gasteiger partial charge in [0, 0.05) is 30.9 Å². The second kappa shape index (κ2) is 6.58. The summed E-state index contributed by atoms with van der Waals surface area (Å²) in [4.78, 5) is 2.82. The molecule has 138 valence electrons. The van der Waals surface area contributed by atoms with Crippen molar-refractivity contribution in [2.45, 2.75) is 0 Å². The van der Waals surface area contributed by atoms with Gasteiger partial charge in [-0.3, -0.25) is 5.10 Å². The second-order valence-electron chi connectivity index (χ2n) is 6.60. The Hall–Kier alpha value is -3.52. The normalized spacial score (nSPS) is 11.2. The summed E-state index contributed by atoms with van der Waals surface area (Å²) in [5.74, 6) is 0.650. The van der Waals surface area contributed by atoms with Crippen LogP contribution in [0.5, 0.6) is 0 Å². The first kappa shape index (κ1) is 16.6. The molecule has 0 fully saturated rings. The minimum Gasteiger partial charge on any atom is -0.378 e. The lowest BCUT2D eigenvalue weighted by Gasteiger charge is -2.11. The first-order chi connectivity index (χ1) is 13.7. The number of aromatic nitrogens is 6. The van der Waals surface area contributed by atoms with Gasteiger partial charge in [0.25, 0.3) is 0 Å². The Morgan fingerprint density at radius 1 is 0.929 bits per heavy atom. The molecular formula is C20H17N7S. The average molecular weight is 387 g/mol. The van der Waals surface area contributed by atoms with Crippen LogP contribution in [0.25, 0.3) is 38.3 Å². The smallest absolute Gasteiger partial charge is 0.235 e. The summed E-state index contributed by atoms with van der Waals surface area (Å²) >= 11 is 1.51. The molecule has 5 rings (SSSR count). The number of rotatable bonds is 4. The number of fused-ring (bicyclic) bond motifs is 1. The maximum absolute atomic E-state index is 4.72. The van der Waals surface area contributed by atoms with Crippen LogP contribution in [0.4, 0.5) is 5.69 Å². The fourth-order valence-electron chi connectivity index (χ4n) is 3.00. The molecule has 7 nitrogen and oxygen atoms in total. The highest BCUT2D eigenvalue weighted by molar-refractivity contribution is 7.19. The standard InChI is InChI=1S/C20H17N7S/c1-26(2)15-10-8-14(9-11-15)19-25-27-18(23-24-20(27)28-19)17-12-16(21-22-17)13-6-4-3-5-7-13/h3-12H,1-2H3,(H,21,22). The fourth-order valence-corrected chi connectivity index (χ4v) is 3.84. The van der Waals surface area contributed by atoms with E-state index in [2.05, 4.69) is 49.6 Å². The van der Waals surface area contributed by atoms with Gasteiger partial charge in [0.2, 0.25) is 10.8 Å². The van der Waals surface area contributed by atoms with Crippen LogP contribution in [0, 0.1) is 0 Å². The van der Waals surface area contributed by atoms with Crippen LogP contribution < -0.4 is 4.90 Å². The number of hydrogen-bond donors (Lipinski definition) is 1. The van der Waals surface area contributed by atoms with Gasteiger partial charge < -0.3 is 4.90 Å². The molecule has 0 aliphatic carbocycles. The van der Waals surface area contributed by atoms with Crippen LogP contribution in [0.15, 0.2) is 60.7 Å². The summed E-state index contributed by atoms with van der Waals surface area (Å²) in [6, 6.07) is 20.3. The molecular weight excluding hydrogens is 370 g/mol. The summed E-state index contributed by atoms with van der Waals surface area (Å²) in [5, 5.41) is 21.7. The van der Waals surface area contributed by atoms with Crippen LogP contribution in [-0.4, -0.2) is 44.1 Å². The third-order valence-electron chi connectivity index (χ3n) is 4.51. The van der Waals surface area contributed by atoms with Crippen LogP contribution in [0.1, 0.15) is 0 Å². The Labute approximate surface area is 165 Å². The number of nitrogens with zero attached hydrogens (tertiary/aromatic N) is 6. The molecule has 5 aromatic rings. The highest BCUT2D eigenvalue weighted by atomic mass is 32.1. The Balaban J connectivity index is 1.51. The van der Waals surface area contributed by atoms with E-state index in [1.807, 2.05) is 50.5 Å². The number of nitrogens with one attached hydrogen (secondary N) is 1. The average Bonchev–Trinajstić information content (AvgIpc) is 3.44. The lowest BCUT2D eigenvalue weighted by Crippen LogP contribution is -2.07. The van der Waals surface area contributed by atoms with E-state index in [1.54, 1.807) is 4.52 Å². The van der Waals surface area contributed by atoms with E-state index in [0.29, 0.717) is 5.82 Å². The molecule has 2 aromatic carbocycles. The number of H-pyrrole nitrogens is 1. The van der Waals surface area contributed by atoms with Crippen molar-refractivity contribution in [3.63, 3.8) is 0 Å². The highest BCUT2D eigenvalue weighted by Gasteiger charge is 2.16. The molecule has 0 unspecified atom stereocenters.